The van der Waals surface area contributed by atoms with Gasteiger partial charge in [-0.25, -0.2) is 4.68 Å². The zero-order valence-corrected chi connectivity index (χ0v) is 18.5. The van der Waals surface area contributed by atoms with E-state index >= 15 is 0 Å². The van der Waals surface area contributed by atoms with E-state index in [-0.39, 0.29) is 12.4 Å². The number of benzene rings is 2. The zero-order chi connectivity index (χ0) is 19.8. The first-order valence-electron chi connectivity index (χ1n) is 8.76. The van der Waals surface area contributed by atoms with Crippen LogP contribution in [0.3, 0.4) is 0 Å². The summed E-state index contributed by atoms with van der Waals surface area (Å²) in [6, 6.07) is 13.8. The molecule has 10 heteroatoms. The molecular weight excluding hydrogens is 433 g/mol. The Morgan fingerprint density at radius 3 is 2.66 bits per heavy atom. The van der Waals surface area contributed by atoms with E-state index in [1.54, 1.807) is 23.6 Å². The molecule has 2 aromatic carbocycles. The number of hydrogen-bond donors (Lipinski definition) is 1. The van der Waals surface area contributed by atoms with Gasteiger partial charge in [-0.3, -0.25) is 0 Å². The summed E-state index contributed by atoms with van der Waals surface area (Å²) in [5.74, 6) is 2.04. The Kier molecular flexibility index (Phi) is 9.53. The minimum atomic E-state index is 0. The van der Waals surface area contributed by atoms with Crippen LogP contribution in [0.2, 0.25) is 5.02 Å². The maximum absolute atomic E-state index is 6.44. The highest BCUT2D eigenvalue weighted by Crippen LogP contribution is 2.37. The maximum Gasteiger partial charge on any atom is 0.209 e. The molecule has 7 nitrogen and oxygen atoms in total. The van der Waals surface area contributed by atoms with E-state index in [2.05, 4.69) is 20.8 Å². The zero-order valence-electron chi connectivity index (χ0n) is 16.1. The second kappa shape index (κ2) is 11.9. The molecule has 0 fully saturated rings. The number of methoxy groups -OCH3 is 1. The van der Waals surface area contributed by atoms with Gasteiger partial charge in [-0.15, -0.1) is 5.10 Å². The van der Waals surface area contributed by atoms with E-state index in [0.717, 1.165) is 28.6 Å². The number of rotatable bonds is 10. The maximum atomic E-state index is 6.44. The van der Waals surface area contributed by atoms with Crippen molar-refractivity contribution < 1.29 is 21.9 Å². The van der Waals surface area contributed by atoms with Crippen molar-refractivity contribution in [3.63, 3.8) is 0 Å². The summed E-state index contributed by atoms with van der Waals surface area (Å²) in [6.45, 7) is 1.92. The van der Waals surface area contributed by atoms with E-state index in [4.69, 9.17) is 21.1 Å². The summed E-state index contributed by atoms with van der Waals surface area (Å²) in [5, 5.41) is 16.1. The van der Waals surface area contributed by atoms with Crippen LogP contribution in [0.5, 0.6) is 11.5 Å². The smallest absolute Gasteiger partial charge is 0.209 e. The van der Waals surface area contributed by atoms with Gasteiger partial charge in [0.25, 0.3) is 0 Å². The molecule has 0 saturated carbocycles. The van der Waals surface area contributed by atoms with E-state index < -0.39 is 0 Å². The molecule has 0 spiro atoms. The first kappa shape index (κ1) is 23.3. The minimum absolute atomic E-state index is 0. The molecule has 0 unspecified atom stereocenters. The number of halogens is 2. The summed E-state index contributed by atoms with van der Waals surface area (Å²) in [7, 11) is 3.44. The van der Waals surface area contributed by atoms with E-state index in [0.29, 0.717) is 29.7 Å². The van der Waals surface area contributed by atoms with Crippen LogP contribution in [0.15, 0.2) is 47.6 Å². The molecule has 1 heterocycles. The predicted molar refractivity (Wildman–Crippen MR) is 110 cm³/mol. The van der Waals surface area contributed by atoms with E-state index in [1.807, 2.05) is 49.5 Å². The van der Waals surface area contributed by atoms with Gasteiger partial charge in [0.2, 0.25) is 5.16 Å². The highest BCUT2D eigenvalue weighted by molar-refractivity contribution is 7.99. The van der Waals surface area contributed by atoms with Crippen molar-refractivity contribution in [2.45, 2.75) is 18.3 Å². The normalized spacial score (nSPS) is 10.4. The largest absolute Gasteiger partial charge is 1.00 e. The van der Waals surface area contributed by atoms with Crippen LogP contribution in [0, 0.1) is 0 Å². The Labute approximate surface area is 185 Å². The van der Waals surface area contributed by atoms with Crippen molar-refractivity contribution in [2.24, 2.45) is 7.05 Å². The molecule has 0 aliphatic rings. The second-order valence-electron chi connectivity index (χ2n) is 5.99. The minimum Gasteiger partial charge on any atom is -1.00 e. The van der Waals surface area contributed by atoms with Crippen LogP contribution in [-0.2, 0) is 20.2 Å². The molecule has 1 N–H and O–H groups in total. The van der Waals surface area contributed by atoms with Crippen LogP contribution >= 0.6 is 23.4 Å². The lowest BCUT2D eigenvalue weighted by Crippen LogP contribution is -3.00. The van der Waals surface area contributed by atoms with Gasteiger partial charge in [-0.1, -0.05) is 53.7 Å². The van der Waals surface area contributed by atoms with Gasteiger partial charge in [-0.2, -0.15) is 0 Å². The molecule has 0 atom stereocenters. The van der Waals surface area contributed by atoms with Crippen LogP contribution in [0.25, 0.3) is 0 Å². The number of aryl methyl sites for hydroxylation is 1. The fraction of sp³-hybridized carbons (Fsp3) is 0.316. The van der Waals surface area contributed by atoms with Crippen LogP contribution < -0.4 is 27.2 Å². The summed E-state index contributed by atoms with van der Waals surface area (Å²) in [6.07, 6.45) is 0. The highest BCUT2D eigenvalue weighted by atomic mass is 35.5. The molecule has 0 saturated heterocycles. The molecule has 29 heavy (non-hydrogen) atoms. The Bertz CT molecular complexity index is 896. The van der Waals surface area contributed by atoms with Gasteiger partial charge >= 0.3 is 0 Å². The number of ether oxygens (including phenoxy) is 2. The number of nitrogens with one attached hydrogen (secondary N) is 1. The number of hydrogen-bond acceptors (Lipinski definition) is 7. The van der Waals surface area contributed by atoms with E-state index in [1.165, 1.54) is 0 Å². The lowest BCUT2D eigenvalue weighted by molar-refractivity contribution is -0.00000637. The number of aromatic nitrogens is 4. The molecule has 1 aromatic heterocycles. The molecule has 0 aliphatic heterocycles. The standard InChI is InChI=1S/C19H22ClN5O2S.ClH/c1-25-19(22-23-24-25)28-9-8-21-12-15-10-16(20)18(17(11-15)26-2)27-13-14-6-4-3-5-7-14;/h3-7,10-11,21H,8-9,12-13H2,1-2H3;1H/p-1. The first-order chi connectivity index (χ1) is 13.7. The molecule has 0 radical (unpaired) electrons. The topological polar surface area (TPSA) is 74.1 Å². The van der Waals surface area contributed by atoms with Crippen molar-refractivity contribution in [1.29, 1.82) is 0 Å². The van der Waals surface area contributed by atoms with Gasteiger partial charge < -0.3 is 27.2 Å². The van der Waals surface area contributed by atoms with Crippen molar-refractivity contribution in [1.82, 2.24) is 25.5 Å². The van der Waals surface area contributed by atoms with Gasteiger partial charge in [0.05, 0.1) is 12.1 Å². The molecule has 156 valence electrons. The number of nitrogens with zero attached hydrogens (tertiary/aromatic N) is 4. The van der Waals surface area contributed by atoms with Crippen LogP contribution in [0.1, 0.15) is 11.1 Å². The fourth-order valence-corrected chi connectivity index (χ4v) is 3.57. The van der Waals surface area contributed by atoms with E-state index in [9.17, 15) is 0 Å². The highest BCUT2D eigenvalue weighted by Gasteiger charge is 2.12. The predicted octanol–water partition coefficient (Wildman–Crippen LogP) is 0.337. The number of tetrazole rings is 1. The van der Waals surface area contributed by atoms with Gasteiger partial charge in [0, 0.05) is 25.9 Å². The lowest BCUT2D eigenvalue weighted by Gasteiger charge is -2.14. The Morgan fingerprint density at radius 1 is 1.17 bits per heavy atom. The van der Waals surface area contributed by atoms with Crippen molar-refractivity contribution in [3.8, 4) is 11.5 Å². The monoisotopic (exact) mass is 454 g/mol. The molecule has 3 rings (SSSR count). The lowest BCUT2D eigenvalue weighted by atomic mass is 10.2. The third-order valence-corrected chi connectivity index (χ3v) is 5.23. The van der Waals surface area contributed by atoms with Crippen LogP contribution in [0.4, 0.5) is 0 Å². The molecule has 0 bridgehead atoms. The van der Waals surface area contributed by atoms with Crippen molar-refractivity contribution in [3.05, 3.63) is 58.6 Å². The fourth-order valence-electron chi connectivity index (χ4n) is 2.54. The summed E-state index contributed by atoms with van der Waals surface area (Å²) in [5.41, 5.74) is 2.10. The third-order valence-electron chi connectivity index (χ3n) is 3.94. The molecule has 0 amide bonds. The molecule has 0 aliphatic carbocycles. The summed E-state index contributed by atoms with van der Waals surface area (Å²) in [4.78, 5) is 0. The number of thioether (sulfide) groups is 1. The van der Waals surface area contributed by atoms with Crippen molar-refractivity contribution in [2.75, 3.05) is 19.4 Å². The average molecular weight is 455 g/mol. The first-order valence-corrected chi connectivity index (χ1v) is 10.1. The second-order valence-corrected chi connectivity index (χ2v) is 7.46. The Balaban J connectivity index is 0.00000300. The molecular formula is C19H22Cl2N5O2S-. The summed E-state index contributed by atoms with van der Waals surface area (Å²) < 4.78 is 13.0. The average Bonchev–Trinajstić information content (AvgIpc) is 3.12. The Morgan fingerprint density at radius 2 is 1.97 bits per heavy atom. The third kappa shape index (κ3) is 6.78. The SMILES string of the molecule is COc1cc(CNCCSc2nnnn2C)cc(Cl)c1OCc1ccccc1.[Cl-]. The molecule has 3 aromatic rings. The quantitative estimate of drug-likeness (QED) is 0.349. The summed E-state index contributed by atoms with van der Waals surface area (Å²) >= 11 is 8.04. The van der Waals surface area contributed by atoms with Gasteiger partial charge in [0.15, 0.2) is 11.5 Å². The van der Waals surface area contributed by atoms with Crippen LogP contribution in [-0.4, -0.2) is 39.6 Å². The van der Waals surface area contributed by atoms with Gasteiger partial charge in [-0.05, 0) is 33.7 Å². The van der Waals surface area contributed by atoms with Crippen molar-refractivity contribution >= 4 is 23.4 Å². The van der Waals surface area contributed by atoms with Gasteiger partial charge in [0.1, 0.15) is 6.61 Å². The Hall–Kier alpha value is -2.00.